The molecule has 0 atom stereocenters. The van der Waals surface area contributed by atoms with Crippen LogP contribution in [0.3, 0.4) is 0 Å². The number of amides is 1. The summed E-state index contributed by atoms with van der Waals surface area (Å²) in [5.41, 5.74) is 4.33. The molecule has 0 aromatic heterocycles. The molecule has 88 valence electrons. The minimum absolute atomic E-state index is 0.387. The van der Waals surface area contributed by atoms with Crippen LogP contribution in [0.25, 0.3) is 0 Å². The Labute approximate surface area is 101 Å². The lowest BCUT2D eigenvalue weighted by Crippen LogP contribution is -2.17. The smallest absolute Gasteiger partial charge is 0.314 e. The van der Waals surface area contributed by atoms with Crippen molar-refractivity contribution in [3.8, 4) is 5.75 Å². The lowest BCUT2D eigenvalue weighted by molar-refractivity contribution is 0.259. The topological polar surface area (TPSA) is 38.3 Å². The average Bonchev–Trinajstić information content (AvgIpc) is 2.21. The number of rotatable bonds is 3. The molecule has 3 nitrogen and oxygen atoms in total. The van der Waals surface area contributed by atoms with Gasteiger partial charge in [0.1, 0.15) is 5.75 Å². The van der Waals surface area contributed by atoms with Crippen LogP contribution in [-0.2, 0) is 6.54 Å². The van der Waals surface area contributed by atoms with Gasteiger partial charge >= 0.3 is 5.37 Å². The predicted molar refractivity (Wildman–Crippen MR) is 65.3 cm³/mol. The van der Waals surface area contributed by atoms with E-state index in [4.69, 9.17) is 16.3 Å². The minimum Gasteiger partial charge on any atom is -0.496 e. The van der Waals surface area contributed by atoms with E-state index >= 15 is 0 Å². The largest absolute Gasteiger partial charge is 0.496 e. The van der Waals surface area contributed by atoms with Crippen LogP contribution < -0.4 is 10.1 Å². The van der Waals surface area contributed by atoms with E-state index in [1.54, 1.807) is 7.11 Å². The predicted octanol–water partition coefficient (Wildman–Crippen LogP) is 3.07. The van der Waals surface area contributed by atoms with E-state index in [0.717, 1.165) is 22.4 Å². The summed E-state index contributed by atoms with van der Waals surface area (Å²) in [6.07, 6.45) is 0. The highest BCUT2D eigenvalue weighted by molar-refractivity contribution is 6.62. The Kier molecular flexibility index (Phi) is 4.19. The molecule has 0 saturated heterocycles. The van der Waals surface area contributed by atoms with Gasteiger partial charge in [0.15, 0.2) is 0 Å². The fourth-order valence-corrected chi connectivity index (χ4v) is 1.83. The van der Waals surface area contributed by atoms with Gasteiger partial charge in [0, 0.05) is 12.1 Å². The van der Waals surface area contributed by atoms with Crippen molar-refractivity contribution < 1.29 is 9.53 Å². The molecular formula is C12H16ClNO2. The first-order valence-electron chi connectivity index (χ1n) is 5.04. The summed E-state index contributed by atoms with van der Waals surface area (Å²) in [7, 11) is 1.63. The van der Waals surface area contributed by atoms with E-state index in [0.29, 0.717) is 6.54 Å². The second kappa shape index (κ2) is 5.21. The molecule has 0 fully saturated rings. The standard InChI is InChI=1S/C12H16ClNO2/c1-7-5-8(2)10(6-14-12(13)15)11(16-4)9(7)3/h5H,6H2,1-4H3,(H,14,15). The SMILES string of the molecule is COc1c(C)c(C)cc(C)c1CNC(=O)Cl. The first-order valence-corrected chi connectivity index (χ1v) is 5.42. The molecule has 0 heterocycles. The van der Waals surface area contributed by atoms with Crippen molar-refractivity contribution in [2.24, 2.45) is 0 Å². The van der Waals surface area contributed by atoms with Crippen molar-refractivity contribution in [1.82, 2.24) is 5.32 Å². The van der Waals surface area contributed by atoms with Gasteiger partial charge < -0.3 is 10.1 Å². The van der Waals surface area contributed by atoms with Gasteiger partial charge in [-0.25, -0.2) is 0 Å². The van der Waals surface area contributed by atoms with E-state index in [1.165, 1.54) is 5.56 Å². The number of ether oxygens (including phenoxy) is 1. The molecule has 1 aromatic rings. The lowest BCUT2D eigenvalue weighted by Gasteiger charge is -2.16. The number of halogens is 1. The number of carbonyl (C=O) groups excluding carboxylic acids is 1. The molecule has 0 aliphatic rings. The van der Waals surface area contributed by atoms with E-state index < -0.39 is 5.37 Å². The Morgan fingerprint density at radius 3 is 2.50 bits per heavy atom. The number of methoxy groups -OCH3 is 1. The van der Waals surface area contributed by atoms with Crippen LogP contribution in [0.1, 0.15) is 22.3 Å². The molecule has 0 bridgehead atoms. The van der Waals surface area contributed by atoms with Crippen molar-refractivity contribution >= 4 is 17.0 Å². The summed E-state index contributed by atoms with van der Waals surface area (Å²) in [6.45, 7) is 6.41. The van der Waals surface area contributed by atoms with E-state index in [-0.39, 0.29) is 0 Å². The molecular weight excluding hydrogens is 226 g/mol. The molecule has 1 rings (SSSR count). The van der Waals surface area contributed by atoms with Crippen LogP contribution in [0.5, 0.6) is 5.75 Å². The molecule has 1 N–H and O–H groups in total. The fourth-order valence-electron chi connectivity index (χ4n) is 1.76. The van der Waals surface area contributed by atoms with Gasteiger partial charge in [0.05, 0.1) is 7.11 Å². The summed E-state index contributed by atoms with van der Waals surface area (Å²) in [5, 5.41) is 2.01. The zero-order valence-corrected chi connectivity index (χ0v) is 10.7. The average molecular weight is 242 g/mol. The van der Waals surface area contributed by atoms with Crippen LogP contribution in [0, 0.1) is 20.8 Å². The number of aryl methyl sites for hydroxylation is 2. The Morgan fingerprint density at radius 2 is 2.00 bits per heavy atom. The number of benzene rings is 1. The fraction of sp³-hybridized carbons (Fsp3) is 0.417. The third kappa shape index (κ3) is 2.67. The van der Waals surface area contributed by atoms with Crippen LogP contribution in [0.15, 0.2) is 6.07 Å². The van der Waals surface area contributed by atoms with Crippen LogP contribution in [0.2, 0.25) is 0 Å². The third-order valence-corrected chi connectivity index (χ3v) is 2.86. The van der Waals surface area contributed by atoms with Gasteiger partial charge in [-0.05, 0) is 49.1 Å². The number of nitrogens with one attached hydrogen (secondary N) is 1. The van der Waals surface area contributed by atoms with Crippen molar-refractivity contribution in [3.63, 3.8) is 0 Å². The quantitative estimate of drug-likeness (QED) is 0.653. The molecule has 0 aliphatic carbocycles. The van der Waals surface area contributed by atoms with Crippen molar-refractivity contribution in [3.05, 3.63) is 28.3 Å². The summed E-state index contributed by atoms with van der Waals surface area (Å²) in [4.78, 5) is 10.7. The second-order valence-corrected chi connectivity index (χ2v) is 4.12. The minimum atomic E-state index is -0.556. The highest BCUT2D eigenvalue weighted by atomic mass is 35.5. The molecule has 1 amide bonds. The second-order valence-electron chi connectivity index (χ2n) is 3.77. The van der Waals surface area contributed by atoms with Gasteiger partial charge in [-0.1, -0.05) is 6.07 Å². The van der Waals surface area contributed by atoms with Crippen molar-refractivity contribution in [1.29, 1.82) is 0 Å². The zero-order valence-electron chi connectivity index (χ0n) is 9.98. The van der Waals surface area contributed by atoms with Gasteiger partial charge in [-0.2, -0.15) is 0 Å². The molecule has 0 aliphatic heterocycles. The maximum atomic E-state index is 10.7. The molecule has 0 saturated carbocycles. The van der Waals surface area contributed by atoms with Gasteiger partial charge in [-0.15, -0.1) is 0 Å². The van der Waals surface area contributed by atoms with Crippen molar-refractivity contribution in [2.45, 2.75) is 27.3 Å². The Bertz CT molecular complexity index is 416. The Balaban J connectivity index is 3.15. The van der Waals surface area contributed by atoms with Gasteiger partial charge in [-0.3, -0.25) is 4.79 Å². The molecule has 0 radical (unpaired) electrons. The maximum absolute atomic E-state index is 10.7. The summed E-state index contributed by atoms with van der Waals surface area (Å²) < 4.78 is 5.38. The molecule has 16 heavy (non-hydrogen) atoms. The van der Waals surface area contributed by atoms with Crippen LogP contribution in [-0.4, -0.2) is 12.5 Å². The lowest BCUT2D eigenvalue weighted by atomic mass is 9.99. The first kappa shape index (κ1) is 12.8. The first-order chi connectivity index (χ1) is 7.47. The van der Waals surface area contributed by atoms with Crippen LogP contribution in [0.4, 0.5) is 4.79 Å². The van der Waals surface area contributed by atoms with E-state index in [9.17, 15) is 4.79 Å². The Morgan fingerprint density at radius 1 is 1.38 bits per heavy atom. The van der Waals surface area contributed by atoms with Crippen molar-refractivity contribution in [2.75, 3.05) is 7.11 Å². The molecule has 1 aromatic carbocycles. The third-order valence-electron chi connectivity index (χ3n) is 2.72. The maximum Gasteiger partial charge on any atom is 0.314 e. The van der Waals surface area contributed by atoms with Gasteiger partial charge in [0.25, 0.3) is 0 Å². The normalized spacial score (nSPS) is 10.1. The van der Waals surface area contributed by atoms with Crippen LogP contribution >= 0.6 is 11.6 Å². The van der Waals surface area contributed by atoms with E-state index in [2.05, 4.69) is 11.4 Å². The number of hydrogen-bond acceptors (Lipinski definition) is 2. The molecule has 4 heteroatoms. The summed E-state index contributed by atoms with van der Waals surface area (Å²) in [6, 6.07) is 2.08. The monoisotopic (exact) mass is 241 g/mol. The Hall–Kier alpha value is -1.22. The zero-order chi connectivity index (χ0) is 12.3. The number of carbonyl (C=O) groups is 1. The molecule has 0 unspecified atom stereocenters. The summed E-state index contributed by atoms with van der Waals surface area (Å²) in [5.74, 6) is 0.822. The summed E-state index contributed by atoms with van der Waals surface area (Å²) >= 11 is 5.26. The highest BCUT2D eigenvalue weighted by Crippen LogP contribution is 2.29. The number of hydrogen-bond donors (Lipinski definition) is 1. The molecule has 0 spiro atoms. The van der Waals surface area contributed by atoms with E-state index in [1.807, 2.05) is 20.8 Å². The van der Waals surface area contributed by atoms with Gasteiger partial charge in [0.2, 0.25) is 0 Å². The highest BCUT2D eigenvalue weighted by Gasteiger charge is 2.12.